The molecule has 0 radical (unpaired) electrons. The average molecular weight is 221 g/mol. The number of piperidine rings is 3. The number of hydrogen-bond donors (Lipinski definition) is 1. The SMILES string of the molecule is O[C@@H]1/C(=C/c2ccsc2)N2CCC1CC2. The van der Waals surface area contributed by atoms with Crippen molar-refractivity contribution in [1.29, 1.82) is 0 Å². The third-order valence-corrected chi connectivity index (χ3v) is 4.21. The van der Waals surface area contributed by atoms with Gasteiger partial charge in [0.15, 0.2) is 0 Å². The van der Waals surface area contributed by atoms with Crippen LogP contribution in [0.15, 0.2) is 22.5 Å². The summed E-state index contributed by atoms with van der Waals surface area (Å²) in [6, 6.07) is 2.10. The molecule has 3 aliphatic rings. The van der Waals surface area contributed by atoms with Gasteiger partial charge in [-0.15, -0.1) is 0 Å². The fourth-order valence-electron chi connectivity index (χ4n) is 2.61. The van der Waals surface area contributed by atoms with Gasteiger partial charge in [-0.05, 0) is 47.2 Å². The van der Waals surface area contributed by atoms with Crippen LogP contribution >= 0.6 is 11.3 Å². The van der Waals surface area contributed by atoms with Crippen LogP contribution in [0.2, 0.25) is 0 Å². The van der Waals surface area contributed by atoms with Crippen molar-refractivity contribution in [1.82, 2.24) is 4.90 Å². The fourth-order valence-corrected chi connectivity index (χ4v) is 3.22. The molecule has 1 atom stereocenters. The minimum atomic E-state index is -0.229. The molecule has 3 aliphatic heterocycles. The maximum absolute atomic E-state index is 10.2. The van der Waals surface area contributed by atoms with E-state index in [1.165, 1.54) is 5.56 Å². The molecule has 0 aliphatic carbocycles. The van der Waals surface area contributed by atoms with E-state index in [2.05, 4.69) is 27.8 Å². The summed E-state index contributed by atoms with van der Waals surface area (Å²) >= 11 is 1.70. The molecule has 3 fully saturated rings. The number of fused-ring (bicyclic) bond motifs is 3. The summed E-state index contributed by atoms with van der Waals surface area (Å²) in [5.74, 6) is 0.500. The monoisotopic (exact) mass is 221 g/mol. The predicted octanol–water partition coefficient (Wildman–Crippen LogP) is 2.18. The Balaban J connectivity index is 1.92. The summed E-state index contributed by atoms with van der Waals surface area (Å²) < 4.78 is 0. The second kappa shape index (κ2) is 3.65. The molecule has 0 unspecified atom stereocenters. The summed E-state index contributed by atoms with van der Waals surface area (Å²) in [5.41, 5.74) is 2.36. The largest absolute Gasteiger partial charge is 0.387 e. The van der Waals surface area contributed by atoms with E-state index in [1.54, 1.807) is 11.3 Å². The van der Waals surface area contributed by atoms with Crippen molar-refractivity contribution in [3.8, 4) is 0 Å². The van der Waals surface area contributed by atoms with E-state index in [-0.39, 0.29) is 6.10 Å². The second-order valence-corrected chi connectivity index (χ2v) is 5.18. The summed E-state index contributed by atoms with van der Waals surface area (Å²) in [5, 5.41) is 14.4. The first kappa shape index (κ1) is 9.43. The first-order valence-electron chi connectivity index (χ1n) is 5.51. The summed E-state index contributed by atoms with van der Waals surface area (Å²) in [7, 11) is 0. The highest BCUT2D eigenvalue weighted by molar-refractivity contribution is 7.08. The van der Waals surface area contributed by atoms with Gasteiger partial charge < -0.3 is 10.0 Å². The molecule has 0 spiro atoms. The highest BCUT2D eigenvalue weighted by Gasteiger charge is 2.36. The zero-order chi connectivity index (χ0) is 10.3. The van der Waals surface area contributed by atoms with Crippen LogP contribution in [0.4, 0.5) is 0 Å². The Hall–Kier alpha value is -0.800. The Kier molecular flexibility index (Phi) is 2.29. The molecule has 1 aromatic heterocycles. The molecule has 1 N–H and O–H groups in total. The standard InChI is InChI=1S/C12H15NOS/c14-12-10-1-4-13(5-2-10)11(12)7-9-3-6-15-8-9/h3,6-8,10,12,14H,1-2,4-5H2/b11-7-/t12-/m0/s1. The average Bonchev–Trinajstić information content (AvgIpc) is 2.77. The molecule has 1 aromatic rings. The van der Waals surface area contributed by atoms with Crippen LogP contribution in [0.5, 0.6) is 0 Å². The van der Waals surface area contributed by atoms with Gasteiger partial charge in [-0.1, -0.05) is 0 Å². The topological polar surface area (TPSA) is 23.5 Å². The smallest absolute Gasteiger partial charge is 0.0965 e. The summed E-state index contributed by atoms with van der Waals surface area (Å²) in [6.07, 6.45) is 4.23. The Morgan fingerprint density at radius 3 is 2.80 bits per heavy atom. The fraction of sp³-hybridized carbons (Fsp3) is 0.500. The molecular formula is C12H15NOS. The third-order valence-electron chi connectivity index (χ3n) is 3.51. The van der Waals surface area contributed by atoms with Gasteiger partial charge in [-0.3, -0.25) is 0 Å². The molecule has 4 rings (SSSR count). The molecular weight excluding hydrogens is 206 g/mol. The van der Waals surface area contributed by atoms with Gasteiger partial charge in [-0.25, -0.2) is 0 Å². The minimum Gasteiger partial charge on any atom is -0.387 e. The third kappa shape index (κ3) is 1.60. The van der Waals surface area contributed by atoms with E-state index in [1.807, 2.05) is 0 Å². The molecule has 4 heterocycles. The Labute approximate surface area is 93.8 Å². The Morgan fingerprint density at radius 1 is 1.40 bits per heavy atom. The van der Waals surface area contributed by atoms with E-state index in [9.17, 15) is 5.11 Å². The van der Waals surface area contributed by atoms with Gasteiger partial charge in [0.2, 0.25) is 0 Å². The maximum Gasteiger partial charge on any atom is 0.0965 e. The lowest BCUT2D eigenvalue weighted by Crippen LogP contribution is -2.48. The zero-order valence-electron chi connectivity index (χ0n) is 8.60. The molecule has 0 aromatic carbocycles. The predicted molar refractivity (Wildman–Crippen MR) is 62.6 cm³/mol. The van der Waals surface area contributed by atoms with Crippen LogP contribution in [-0.4, -0.2) is 29.2 Å². The van der Waals surface area contributed by atoms with Crippen LogP contribution < -0.4 is 0 Å². The minimum absolute atomic E-state index is 0.229. The van der Waals surface area contributed by atoms with Crippen LogP contribution in [-0.2, 0) is 0 Å². The van der Waals surface area contributed by atoms with Crippen molar-refractivity contribution in [3.05, 3.63) is 28.1 Å². The maximum atomic E-state index is 10.2. The molecule has 2 bridgehead atoms. The second-order valence-electron chi connectivity index (χ2n) is 4.40. The van der Waals surface area contributed by atoms with Crippen molar-refractivity contribution in [3.63, 3.8) is 0 Å². The van der Waals surface area contributed by atoms with Gasteiger partial charge in [0, 0.05) is 18.8 Å². The van der Waals surface area contributed by atoms with Gasteiger partial charge in [-0.2, -0.15) is 11.3 Å². The number of aliphatic hydroxyl groups is 1. The number of thiophene rings is 1. The van der Waals surface area contributed by atoms with Crippen molar-refractivity contribution < 1.29 is 5.11 Å². The lowest BCUT2D eigenvalue weighted by Gasteiger charge is -2.45. The van der Waals surface area contributed by atoms with Gasteiger partial charge >= 0.3 is 0 Å². The number of nitrogens with zero attached hydrogens (tertiary/aromatic N) is 1. The number of aliphatic hydroxyl groups excluding tert-OH is 1. The van der Waals surface area contributed by atoms with Crippen molar-refractivity contribution in [2.75, 3.05) is 13.1 Å². The first-order chi connectivity index (χ1) is 7.34. The molecule has 3 saturated heterocycles. The lowest BCUT2D eigenvalue weighted by molar-refractivity contribution is 0.0215. The Bertz CT molecular complexity index is 359. The van der Waals surface area contributed by atoms with Gasteiger partial charge in [0.05, 0.1) is 6.10 Å². The normalized spacial score (nSPS) is 32.6. The highest BCUT2D eigenvalue weighted by Crippen LogP contribution is 2.35. The first-order valence-corrected chi connectivity index (χ1v) is 6.46. The quantitative estimate of drug-likeness (QED) is 0.785. The molecule has 80 valence electrons. The van der Waals surface area contributed by atoms with Crippen LogP contribution in [0.3, 0.4) is 0 Å². The molecule has 15 heavy (non-hydrogen) atoms. The van der Waals surface area contributed by atoms with Gasteiger partial charge in [0.25, 0.3) is 0 Å². The van der Waals surface area contributed by atoms with Crippen molar-refractivity contribution in [2.24, 2.45) is 5.92 Å². The van der Waals surface area contributed by atoms with Crippen molar-refractivity contribution in [2.45, 2.75) is 18.9 Å². The zero-order valence-corrected chi connectivity index (χ0v) is 9.41. The number of hydrogen-bond acceptors (Lipinski definition) is 3. The van der Waals surface area contributed by atoms with E-state index in [0.29, 0.717) is 5.92 Å². The van der Waals surface area contributed by atoms with E-state index < -0.39 is 0 Å². The highest BCUT2D eigenvalue weighted by atomic mass is 32.1. The van der Waals surface area contributed by atoms with E-state index in [0.717, 1.165) is 31.6 Å². The molecule has 2 nitrogen and oxygen atoms in total. The van der Waals surface area contributed by atoms with Crippen molar-refractivity contribution >= 4 is 17.4 Å². The molecule has 0 amide bonds. The van der Waals surface area contributed by atoms with Crippen LogP contribution in [0.1, 0.15) is 18.4 Å². The van der Waals surface area contributed by atoms with Crippen LogP contribution in [0.25, 0.3) is 6.08 Å². The summed E-state index contributed by atoms with van der Waals surface area (Å²) in [6.45, 7) is 2.25. The summed E-state index contributed by atoms with van der Waals surface area (Å²) in [4.78, 5) is 2.34. The Morgan fingerprint density at radius 2 is 2.20 bits per heavy atom. The van der Waals surface area contributed by atoms with Gasteiger partial charge in [0.1, 0.15) is 0 Å². The van der Waals surface area contributed by atoms with E-state index in [4.69, 9.17) is 0 Å². The molecule has 0 saturated carbocycles. The lowest BCUT2D eigenvalue weighted by atomic mass is 9.83. The van der Waals surface area contributed by atoms with Crippen LogP contribution in [0, 0.1) is 5.92 Å². The molecule has 3 heteroatoms. The number of rotatable bonds is 1. The van der Waals surface area contributed by atoms with E-state index >= 15 is 0 Å².